The van der Waals surface area contributed by atoms with Gasteiger partial charge in [0.25, 0.3) is 0 Å². The van der Waals surface area contributed by atoms with E-state index in [0.29, 0.717) is 11.1 Å². The fourth-order valence-electron chi connectivity index (χ4n) is 5.90. The Hall–Kier alpha value is -3.77. The number of ketones is 2. The summed E-state index contributed by atoms with van der Waals surface area (Å²) in [6, 6.07) is 6.32. The van der Waals surface area contributed by atoms with Crippen molar-refractivity contribution in [3.63, 3.8) is 0 Å². The summed E-state index contributed by atoms with van der Waals surface area (Å²) in [5.74, 6) is -2.26. The van der Waals surface area contributed by atoms with Crippen LogP contribution in [0.5, 0.6) is 11.5 Å². The molecule has 39 heavy (non-hydrogen) atoms. The van der Waals surface area contributed by atoms with Crippen LogP contribution < -0.4 is 4.74 Å². The summed E-state index contributed by atoms with van der Waals surface area (Å²) < 4.78 is 17.2. The number of hydrogen-bond donors (Lipinski definition) is 4. The van der Waals surface area contributed by atoms with Crippen LogP contribution in [-0.4, -0.2) is 79.6 Å². The van der Waals surface area contributed by atoms with Gasteiger partial charge in [0.05, 0.1) is 29.4 Å². The summed E-state index contributed by atoms with van der Waals surface area (Å²) in [5.41, 5.74) is 0.709. The molecule has 2 fully saturated rings. The monoisotopic (exact) mass is 537 g/mol. The van der Waals surface area contributed by atoms with E-state index in [0.717, 1.165) is 0 Å². The van der Waals surface area contributed by atoms with E-state index >= 15 is 0 Å². The van der Waals surface area contributed by atoms with Crippen molar-refractivity contribution in [2.45, 2.75) is 70.2 Å². The molecule has 2 aromatic carbocycles. The molecule has 11 nitrogen and oxygen atoms in total. The summed E-state index contributed by atoms with van der Waals surface area (Å²) in [5, 5.41) is 41.6. The van der Waals surface area contributed by atoms with Crippen LogP contribution in [0.3, 0.4) is 0 Å². The first-order valence-electron chi connectivity index (χ1n) is 12.6. The van der Waals surface area contributed by atoms with Crippen molar-refractivity contribution in [1.82, 2.24) is 4.90 Å². The van der Waals surface area contributed by atoms with Gasteiger partial charge in [-0.15, -0.1) is 0 Å². The van der Waals surface area contributed by atoms with Crippen LogP contribution in [0, 0.1) is 6.92 Å². The standard InChI is InChI=1S/C28H27NO10/c1-10-7-14-19(15(31)8-10)21-23(29-22(11(2)30)28(36)39-27(14)29)26(35)20-13(25(21)34)5-4-6-17(20)38-18-9-16(32)24(33)12(3)37-18/h4-8,11-12,16,18,22,24,27,30-33H,9H2,1-3H3/t11-,12+,16-,18+,22+,24+,27+/m1/s1. The number of carbonyl (C=O) groups excluding carboxylic acids is 3. The number of benzene rings is 2. The molecule has 4 N–H and O–H groups in total. The topological polar surface area (TPSA) is 163 Å². The van der Waals surface area contributed by atoms with Crippen LogP contribution in [0.2, 0.25) is 0 Å². The summed E-state index contributed by atoms with van der Waals surface area (Å²) in [6.07, 6.45) is -6.47. The van der Waals surface area contributed by atoms with Crippen molar-refractivity contribution < 1.29 is 49.0 Å². The number of fused-ring (bicyclic) bond motifs is 6. The van der Waals surface area contributed by atoms with E-state index in [2.05, 4.69) is 0 Å². The molecule has 0 unspecified atom stereocenters. The molecule has 0 aromatic heterocycles. The quantitative estimate of drug-likeness (QED) is 0.418. The number of rotatable bonds is 3. The van der Waals surface area contributed by atoms with Gasteiger partial charge in [-0.25, -0.2) is 4.79 Å². The lowest BCUT2D eigenvalue weighted by atomic mass is 9.78. The first-order chi connectivity index (χ1) is 18.5. The Morgan fingerprint density at radius 3 is 2.54 bits per heavy atom. The summed E-state index contributed by atoms with van der Waals surface area (Å²) in [7, 11) is 0. The lowest BCUT2D eigenvalue weighted by Crippen LogP contribution is -2.49. The molecule has 11 heteroatoms. The predicted octanol–water partition coefficient (Wildman–Crippen LogP) is 1.35. The lowest BCUT2D eigenvalue weighted by molar-refractivity contribution is -0.216. The van der Waals surface area contributed by atoms with Crippen molar-refractivity contribution in [2.75, 3.05) is 0 Å². The predicted molar refractivity (Wildman–Crippen MR) is 133 cm³/mol. The highest BCUT2D eigenvalue weighted by molar-refractivity contribution is 6.41. The van der Waals surface area contributed by atoms with Crippen molar-refractivity contribution in [1.29, 1.82) is 0 Å². The van der Waals surface area contributed by atoms with Crippen LogP contribution >= 0.6 is 0 Å². The van der Waals surface area contributed by atoms with Gasteiger partial charge in [-0.05, 0) is 44.5 Å². The number of allylic oxidation sites excluding steroid dienone is 2. The third-order valence-electron chi connectivity index (χ3n) is 7.66. The van der Waals surface area contributed by atoms with Crippen molar-refractivity contribution in [3.05, 3.63) is 63.8 Å². The summed E-state index contributed by atoms with van der Waals surface area (Å²) >= 11 is 0. The maximum atomic E-state index is 14.3. The van der Waals surface area contributed by atoms with E-state index in [1.807, 2.05) is 0 Å². The third-order valence-corrected chi connectivity index (χ3v) is 7.66. The molecule has 2 aromatic rings. The minimum Gasteiger partial charge on any atom is -0.507 e. The smallest absolute Gasteiger partial charge is 0.333 e. The Balaban J connectivity index is 1.52. The molecule has 4 aliphatic rings. The van der Waals surface area contributed by atoms with Gasteiger partial charge in [0.2, 0.25) is 18.3 Å². The first-order valence-corrected chi connectivity index (χ1v) is 12.6. The van der Waals surface area contributed by atoms with E-state index in [1.54, 1.807) is 19.9 Å². The van der Waals surface area contributed by atoms with Gasteiger partial charge in [0.15, 0.2) is 11.8 Å². The third kappa shape index (κ3) is 3.69. The van der Waals surface area contributed by atoms with Gasteiger partial charge in [-0.2, -0.15) is 0 Å². The van der Waals surface area contributed by atoms with Crippen LogP contribution in [0.25, 0.3) is 5.57 Å². The Bertz CT molecular complexity index is 1450. The minimum atomic E-state index is -1.28. The number of Topliss-reactive ketones (excluding diaryl/α,β-unsaturated/α-hetero) is 2. The van der Waals surface area contributed by atoms with Gasteiger partial charge < -0.3 is 39.5 Å². The maximum absolute atomic E-state index is 14.3. The van der Waals surface area contributed by atoms with Crippen LogP contribution in [0.1, 0.15) is 63.9 Å². The molecular formula is C28H27NO10. The Labute approximate surface area is 222 Å². The molecule has 0 spiro atoms. The Morgan fingerprint density at radius 2 is 1.85 bits per heavy atom. The van der Waals surface area contributed by atoms with E-state index < -0.39 is 60.5 Å². The number of carbonyl (C=O) groups is 3. The normalized spacial score (nSPS) is 30.3. The fourth-order valence-corrected chi connectivity index (χ4v) is 5.90. The molecule has 6 rings (SSSR count). The summed E-state index contributed by atoms with van der Waals surface area (Å²) in [6.45, 7) is 4.69. The average Bonchev–Trinajstić information content (AvgIpc) is 3.22. The highest BCUT2D eigenvalue weighted by Crippen LogP contribution is 2.52. The van der Waals surface area contributed by atoms with E-state index in [4.69, 9.17) is 14.2 Å². The minimum absolute atomic E-state index is 0.00806. The zero-order chi connectivity index (χ0) is 27.9. The van der Waals surface area contributed by atoms with Crippen molar-refractivity contribution in [2.24, 2.45) is 0 Å². The first kappa shape index (κ1) is 25.5. The van der Waals surface area contributed by atoms with Gasteiger partial charge in [-0.3, -0.25) is 9.59 Å². The number of esters is 1. The molecule has 7 atom stereocenters. The lowest BCUT2D eigenvalue weighted by Gasteiger charge is -2.40. The van der Waals surface area contributed by atoms with Crippen LogP contribution in [-0.2, 0) is 14.3 Å². The SMILES string of the molecule is Cc1cc(O)c2c(c1)[C@@H]1OC(=O)[C@H]([C@@H](C)O)N1C1=C2C(=O)c2cccc(O[C@H]3C[C@@H](O)[C@@H](O)[C@H](C)O3)c2C1=O. The second-order valence-corrected chi connectivity index (χ2v) is 10.4. The van der Waals surface area contributed by atoms with Crippen LogP contribution in [0.15, 0.2) is 36.0 Å². The van der Waals surface area contributed by atoms with E-state index in [1.165, 1.54) is 36.1 Å². The Kier molecular flexibility index (Phi) is 5.81. The number of aryl methyl sites for hydroxylation is 1. The zero-order valence-corrected chi connectivity index (χ0v) is 21.3. The molecule has 0 saturated carbocycles. The number of nitrogens with zero attached hydrogens (tertiary/aromatic N) is 1. The molecule has 204 valence electrons. The molecule has 1 aliphatic carbocycles. The zero-order valence-electron chi connectivity index (χ0n) is 21.3. The van der Waals surface area contributed by atoms with Gasteiger partial charge in [-0.1, -0.05) is 12.1 Å². The molecule has 0 radical (unpaired) electrons. The number of hydrogen-bond acceptors (Lipinski definition) is 11. The number of aromatic hydroxyl groups is 1. The molecule has 3 heterocycles. The van der Waals surface area contributed by atoms with E-state index in [9.17, 15) is 34.8 Å². The summed E-state index contributed by atoms with van der Waals surface area (Å²) in [4.78, 5) is 42.5. The number of aliphatic hydroxyl groups is 3. The molecule has 0 amide bonds. The fraction of sp³-hybridized carbons (Fsp3) is 0.393. The molecule has 3 aliphatic heterocycles. The highest BCUT2D eigenvalue weighted by atomic mass is 16.7. The molecule has 0 bridgehead atoms. The second-order valence-electron chi connectivity index (χ2n) is 10.4. The van der Waals surface area contributed by atoms with Crippen LogP contribution in [0.4, 0.5) is 0 Å². The largest absolute Gasteiger partial charge is 0.507 e. The van der Waals surface area contributed by atoms with Gasteiger partial charge in [0, 0.05) is 23.1 Å². The average molecular weight is 538 g/mol. The molecular weight excluding hydrogens is 510 g/mol. The number of phenolic OH excluding ortho intramolecular Hbond substituents is 1. The second kappa shape index (κ2) is 8.88. The number of aliphatic hydroxyl groups excluding tert-OH is 3. The Morgan fingerprint density at radius 1 is 1.10 bits per heavy atom. The van der Waals surface area contributed by atoms with Crippen molar-refractivity contribution >= 4 is 23.1 Å². The van der Waals surface area contributed by atoms with Gasteiger partial charge in [0.1, 0.15) is 23.3 Å². The number of ether oxygens (including phenoxy) is 3. The van der Waals surface area contributed by atoms with Gasteiger partial charge >= 0.3 is 5.97 Å². The molecule has 2 saturated heterocycles. The maximum Gasteiger partial charge on any atom is 0.333 e. The highest BCUT2D eigenvalue weighted by Gasteiger charge is 2.55. The number of phenols is 1. The van der Waals surface area contributed by atoms with E-state index in [-0.39, 0.29) is 45.9 Å². The van der Waals surface area contributed by atoms with Crippen molar-refractivity contribution in [3.8, 4) is 11.5 Å².